The van der Waals surface area contributed by atoms with Crippen LogP contribution in [0.5, 0.6) is 11.5 Å². The normalized spacial score (nSPS) is 10.8. The molecule has 2 aromatic rings. The first-order valence-corrected chi connectivity index (χ1v) is 8.08. The van der Waals surface area contributed by atoms with Gasteiger partial charge in [-0.3, -0.25) is 4.79 Å². The molecule has 24 heavy (non-hydrogen) atoms. The molecular weight excluding hydrogens is 419 g/mol. The lowest BCUT2D eigenvalue weighted by atomic mass is 10.1. The van der Waals surface area contributed by atoms with Gasteiger partial charge in [0, 0.05) is 5.69 Å². The quantitative estimate of drug-likeness (QED) is 0.435. The number of nitrogens with one attached hydrogen (secondary N) is 1. The predicted octanol–water partition coefficient (Wildman–Crippen LogP) is 3.86. The van der Waals surface area contributed by atoms with E-state index in [0.717, 1.165) is 5.56 Å². The lowest BCUT2D eigenvalue weighted by molar-refractivity contribution is -0.112. The number of aromatic hydroxyl groups is 1. The third kappa shape index (κ3) is 4.26. The lowest BCUT2D eigenvalue weighted by Crippen LogP contribution is -2.13. The second-order valence-electron chi connectivity index (χ2n) is 5.05. The summed E-state index contributed by atoms with van der Waals surface area (Å²) in [7, 11) is 1.44. The van der Waals surface area contributed by atoms with Crippen molar-refractivity contribution < 1.29 is 14.6 Å². The van der Waals surface area contributed by atoms with Crippen molar-refractivity contribution in [1.29, 1.82) is 5.26 Å². The molecule has 0 spiro atoms. The van der Waals surface area contributed by atoms with Crippen LogP contribution in [0.2, 0.25) is 0 Å². The van der Waals surface area contributed by atoms with Gasteiger partial charge in [0.2, 0.25) is 0 Å². The number of ether oxygens (including phenoxy) is 1. The van der Waals surface area contributed by atoms with Gasteiger partial charge < -0.3 is 15.2 Å². The summed E-state index contributed by atoms with van der Waals surface area (Å²) in [5.74, 6) is -0.187. The van der Waals surface area contributed by atoms with E-state index in [9.17, 15) is 15.2 Å². The van der Waals surface area contributed by atoms with Crippen LogP contribution in [0.1, 0.15) is 11.1 Å². The van der Waals surface area contributed by atoms with E-state index in [-0.39, 0.29) is 17.1 Å². The zero-order chi connectivity index (χ0) is 17.7. The third-order valence-electron chi connectivity index (χ3n) is 3.22. The van der Waals surface area contributed by atoms with Gasteiger partial charge in [0.05, 0.1) is 10.7 Å². The Bertz CT molecular complexity index is 854. The molecule has 2 N–H and O–H groups in total. The average molecular weight is 434 g/mol. The van der Waals surface area contributed by atoms with Gasteiger partial charge in [0.1, 0.15) is 11.6 Å². The Balaban J connectivity index is 2.31. The summed E-state index contributed by atoms with van der Waals surface area (Å²) >= 11 is 1.95. The minimum Gasteiger partial charge on any atom is -0.504 e. The fourth-order valence-electron chi connectivity index (χ4n) is 2.07. The Hall–Kier alpha value is -2.53. The van der Waals surface area contributed by atoms with E-state index in [0.29, 0.717) is 14.8 Å². The lowest BCUT2D eigenvalue weighted by Gasteiger charge is -2.08. The minimum atomic E-state index is -0.495. The molecule has 0 bridgehead atoms. The van der Waals surface area contributed by atoms with Crippen LogP contribution in [-0.2, 0) is 4.79 Å². The Morgan fingerprint density at radius 2 is 2.12 bits per heavy atom. The number of halogens is 1. The number of benzene rings is 2. The number of nitriles is 1. The van der Waals surface area contributed by atoms with Gasteiger partial charge in [-0.05, 0) is 71.0 Å². The highest BCUT2D eigenvalue weighted by atomic mass is 127. The number of rotatable bonds is 4. The van der Waals surface area contributed by atoms with E-state index < -0.39 is 5.91 Å². The van der Waals surface area contributed by atoms with Gasteiger partial charge >= 0.3 is 0 Å². The first kappa shape index (κ1) is 17.8. The average Bonchev–Trinajstić information content (AvgIpc) is 2.55. The smallest absolute Gasteiger partial charge is 0.266 e. The van der Waals surface area contributed by atoms with E-state index >= 15 is 0 Å². The van der Waals surface area contributed by atoms with Crippen molar-refractivity contribution in [2.45, 2.75) is 6.92 Å². The molecule has 0 saturated carbocycles. The Labute approximate surface area is 153 Å². The zero-order valence-electron chi connectivity index (χ0n) is 13.1. The number of carbonyl (C=O) groups is 1. The standard InChI is InChI=1S/C18H15IN2O3/c1-11-4-3-5-14(6-11)21-18(23)13(10-20)7-12-8-15(19)17(22)16(9-12)24-2/h3-9,22H,1-2H3,(H,21,23)/b13-7-. The fraction of sp³-hybridized carbons (Fsp3) is 0.111. The number of phenols is 1. The van der Waals surface area contributed by atoms with Gasteiger partial charge in [-0.15, -0.1) is 0 Å². The van der Waals surface area contributed by atoms with Crippen LogP contribution >= 0.6 is 22.6 Å². The van der Waals surface area contributed by atoms with Gasteiger partial charge in [0.25, 0.3) is 5.91 Å². The summed E-state index contributed by atoms with van der Waals surface area (Å²) < 4.78 is 5.65. The molecule has 0 heterocycles. The highest BCUT2D eigenvalue weighted by Gasteiger charge is 2.12. The molecule has 0 unspecified atom stereocenters. The van der Waals surface area contributed by atoms with Crippen molar-refractivity contribution in [3.8, 4) is 17.6 Å². The summed E-state index contributed by atoms with van der Waals surface area (Å²) in [5, 5.41) is 21.8. The fourth-order valence-corrected chi connectivity index (χ4v) is 2.69. The SMILES string of the molecule is COc1cc(/C=C(/C#N)C(=O)Nc2cccc(C)c2)cc(I)c1O. The molecule has 1 amide bonds. The number of methoxy groups -OCH3 is 1. The predicted molar refractivity (Wildman–Crippen MR) is 101 cm³/mol. The monoisotopic (exact) mass is 434 g/mol. The van der Waals surface area contributed by atoms with Crippen molar-refractivity contribution in [3.05, 3.63) is 56.7 Å². The van der Waals surface area contributed by atoms with Crippen molar-refractivity contribution in [2.75, 3.05) is 12.4 Å². The highest BCUT2D eigenvalue weighted by Crippen LogP contribution is 2.33. The second kappa shape index (κ2) is 7.84. The van der Waals surface area contributed by atoms with E-state index in [2.05, 4.69) is 5.32 Å². The maximum absolute atomic E-state index is 12.3. The number of anilines is 1. The van der Waals surface area contributed by atoms with Crippen LogP contribution in [0.25, 0.3) is 6.08 Å². The molecule has 0 fully saturated rings. The summed E-state index contributed by atoms with van der Waals surface area (Å²) in [6.07, 6.45) is 1.45. The molecule has 5 nitrogen and oxygen atoms in total. The molecule has 0 aliphatic carbocycles. The zero-order valence-corrected chi connectivity index (χ0v) is 15.3. The molecule has 0 aliphatic rings. The molecule has 0 aliphatic heterocycles. The number of phenolic OH excluding ortho intramolecular Hbond substituents is 1. The maximum atomic E-state index is 12.3. The summed E-state index contributed by atoms with van der Waals surface area (Å²) in [4.78, 5) is 12.3. The topological polar surface area (TPSA) is 82.3 Å². The van der Waals surface area contributed by atoms with Crippen LogP contribution < -0.4 is 10.1 Å². The summed E-state index contributed by atoms with van der Waals surface area (Å²) in [6, 6.07) is 12.4. The molecule has 6 heteroatoms. The van der Waals surface area contributed by atoms with Gasteiger partial charge in [-0.1, -0.05) is 12.1 Å². The van der Waals surface area contributed by atoms with Crippen molar-refractivity contribution in [1.82, 2.24) is 0 Å². The van der Waals surface area contributed by atoms with E-state index in [4.69, 9.17) is 4.74 Å². The molecule has 0 atom stereocenters. The van der Waals surface area contributed by atoms with Crippen LogP contribution in [0.3, 0.4) is 0 Å². The first-order valence-electron chi connectivity index (χ1n) is 7.01. The largest absolute Gasteiger partial charge is 0.504 e. The number of aryl methyl sites for hydroxylation is 1. The molecular formula is C18H15IN2O3. The van der Waals surface area contributed by atoms with Crippen LogP contribution in [0.4, 0.5) is 5.69 Å². The molecule has 0 radical (unpaired) electrons. The number of hydrogen-bond donors (Lipinski definition) is 2. The number of carbonyl (C=O) groups excluding carboxylic acids is 1. The number of hydrogen-bond acceptors (Lipinski definition) is 4. The molecule has 122 valence electrons. The molecule has 0 aromatic heterocycles. The number of nitrogens with zero attached hydrogens (tertiary/aromatic N) is 1. The van der Waals surface area contributed by atoms with Crippen LogP contribution in [0.15, 0.2) is 42.0 Å². The van der Waals surface area contributed by atoms with Crippen LogP contribution in [-0.4, -0.2) is 18.1 Å². The van der Waals surface area contributed by atoms with Gasteiger partial charge in [-0.25, -0.2) is 0 Å². The molecule has 0 saturated heterocycles. The Kier molecular flexibility index (Phi) is 5.82. The Morgan fingerprint density at radius 3 is 2.75 bits per heavy atom. The van der Waals surface area contributed by atoms with Gasteiger partial charge in [-0.2, -0.15) is 5.26 Å². The second-order valence-corrected chi connectivity index (χ2v) is 6.21. The maximum Gasteiger partial charge on any atom is 0.266 e. The first-order chi connectivity index (χ1) is 11.4. The van der Waals surface area contributed by atoms with Crippen LogP contribution in [0, 0.1) is 21.8 Å². The van der Waals surface area contributed by atoms with E-state index in [1.807, 2.05) is 53.8 Å². The van der Waals surface area contributed by atoms with Crippen molar-refractivity contribution in [3.63, 3.8) is 0 Å². The van der Waals surface area contributed by atoms with Crippen molar-refractivity contribution in [2.24, 2.45) is 0 Å². The molecule has 2 rings (SSSR count). The third-order valence-corrected chi connectivity index (χ3v) is 4.05. The van der Waals surface area contributed by atoms with Gasteiger partial charge in [0.15, 0.2) is 11.5 Å². The van der Waals surface area contributed by atoms with E-state index in [1.165, 1.54) is 13.2 Å². The van der Waals surface area contributed by atoms with Crippen molar-refractivity contribution >= 4 is 40.3 Å². The Morgan fingerprint density at radius 1 is 1.38 bits per heavy atom. The summed E-state index contributed by atoms with van der Waals surface area (Å²) in [6.45, 7) is 1.92. The van der Waals surface area contributed by atoms with E-state index in [1.54, 1.807) is 18.2 Å². The number of amides is 1. The summed E-state index contributed by atoms with van der Waals surface area (Å²) in [5.41, 5.74) is 2.18. The highest BCUT2D eigenvalue weighted by molar-refractivity contribution is 14.1. The molecule has 2 aromatic carbocycles. The minimum absolute atomic E-state index is 0.0259.